The van der Waals surface area contributed by atoms with Gasteiger partial charge in [-0.15, -0.1) is 0 Å². The summed E-state index contributed by atoms with van der Waals surface area (Å²) in [4.78, 5) is 27.2. The van der Waals surface area contributed by atoms with Gasteiger partial charge in [-0.3, -0.25) is 9.59 Å². The molecule has 0 bridgehead atoms. The fraction of sp³-hybridized carbons (Fsp3) is 0.300. The number of piperidine rings is 1. The van der Waals surface area contributed by atoms with Gasteiger partial charge in [0.1, 0.15) is 5.75 Å². The van der Waals surface area contributed by atoms with Gasteiger partial charge in [-0.05, 0) is 43.5 Å². The highest BCUT2D eigenvalue weighted by atomic mass is 35.5. The molecule has 3 rings (SSSR count). The van der Waals surface area contributed by atoms with Crippen molar-refractivity contribution in [2.24, 2.45) is 0 Å². The first-order chi connectivity index (χ1) is 13.0. The van der Waals surface area contributed by atoms with E-state index in [4.69, 9.17) is 22.1 Å². The van der Waals surface area contributed by atoms with E-state index in [1.807, 2.05) is 4.90 Å². The van der Waals surface area contributed by atoms with Crippen molar-refractivity contribution in [3.8, 4) is 5.75 Å². The molecule has 0 unspecified atom stereocenters. The summed E-state index contributed by atoms with van der Waals surface area (Å²) < 4.78 is 5.22. The van der Waals surface area contributed by atoms with Crippen LogP contribution in [0.3, 0.4) is 0 Å². The zero-order chi connectivity index (χ0) is 19.4. The Morgan fingerprint density at radius 2 is 1.89 bits per heavy atom. The fourth-order valence-electron chi connectivity index (χ4n) is 3.12. The number of anilines is 2. The molecule has 2 aromatic carbocycles. The van der Waals surface area contributed by atoms with Crippen molar-refractivity contribution in [3.05, 3.63) is 52.5 Å². The number of ether oxygens (including phenoxy) is 1. The molecule has 2 amide bonds. The van der Waals surface area contributed by atoms with Gasteiger partial charge in [0.2, 0.25) is 0 Å². The number of likely N-dealkylation sites (tertiary alicyclic amines) is 1. The Hall–Kier alpha value is -2.73. The first-order valence-corrected chi connectivity index (χ1v) is 9.21. The molecule has 0 aromatic heterocycles. The minimum Gasteiger partial charge on any atom is -0.496 e. The van der Waals surface area contributed by atoms with Gasteiger partial charge >= 0.3 is 0 Å². The van der Waals surface area contributed by atoms with Crippen LogP contribution in [0.4, 0.5) is 11.4 Å². The second-order valence-corrected chi connectivity index (χ2v) is 6.87. The third-order valence-corrected chi connectivity index (χ3v) is 4.90. The summed E-state index contributed by atoms with van der Waals surface area (Å²) in [6.45, 7) is 1.55. The van der Waals surface area contributed by atoms with E-state index in [0.29, 0.717) is 22.7 Å². The van der Waals surface area contributed by atoms with E-state index < -0.39 is 5.91 Å². The van der Waals surface area contributed by atoms with E-state index in [2.05, 4.69) is 5.32 Å². The SMILES string of the molecule is COc1cc(N)c(Cl)cc1C(=O)Nc1cccc(C(=O)N2CCCCC2)c1. The molecule has 0 spiro atoms. The molecule has 2 aromatic rings. The molecule has 1 aliphatic rings. The van der Waals surface area contributed by atoms with Gasteiger partial charge in [0.15, 0.2) is 0 Å². The minimum atomic E-state index is -0.392. The van der Waals surface area contributed by atoms with Gasteiger partial charge in [-0.25, -0.2) is 0 Å². The standard InChI is InChI=1S/C20H22ClN3O3/c1-27-18-12-17(22)16(21)11-15(18)19(25)23-14-7-5-6-13(10-14)20(26)24-8-3-2-4-9-24/h5-7,10-12H,2-4,8-9,22H2,1H3,(H,23,25). The number of hydrogen-bond acceptors (Lipinski definition) is 4. The van der Waals surface area contributed by atoms with Gasteiger partial charge < -0.3 is 20.7 Å². The lowest BCUT2D eigenvalue weighted by molar-refractivity contribution is 0.0724. The normalized spacial score (nSPS) is 13.9. The topological polar surface area (TPSA) is 84.7 Å². The molecule has 1 heterocycles. The number of amides is 2. The number of benzene rings is 2. The van der Waals surface area contributed by atoms with Crippen molar-refractivity contribution >= 4 is 34.8 Å². The van der Waals surface area contributed by atoms with E-state index >= 15 is 0 Å². The second kappa shape index (κ2) is 8.31. The molecule has 1 saturated heterocycles. The number of halogens is 1. The van der Waals surface area contributed by atoms with Crippen molar-refractivity contribution in [1.29, 1.82) is 0 Å². The first kappa shape index (κ1) is 19.0. The summed E-state index contributed by atoms with van der Waals surface area (Å²) in [7, 11) is 1.46. The summed E-state index contributed by atoms with van der Waals surface area (Å²) in [5.41, 5.74) is 7.44. The Bertz CT molecular complexity index is 864. The maximum atomic E-state index is 12.7. The molecule has 6 nitrogen and oxygen atoms in total. The van der Waals surface area contributed by atoms with Crippen molar-refractivity contribution in [3.63, 3.8) is 0 Å². The van der Waals surface area contributed by atoms with Crippen LogP contribution in [0.1, 0.15) is 40.0 Å². The average Bonchev–Trinajstić information content (AvgIpc) is 2.70. The van der Waals surface area contributed by atoms with Crippen LogP contribution in [0.15, 0.2) is 36.4 Å². The molecule has 0 atom stereocenters. The van der Waals surface area contributed by atoms with Crippen LogP contribution in [0.25, 0.3) is 0 Å². The predicted octanol–water partition coefficient (Wildman–Crippen LogP) is 3.81. The molecule has 0 saturated carbocycles. The van der Waals surface area contributed by atoms with E-state index in [0.717, 1.165) is 32.4 Å². The Kier molecular flexibility index (Phi) is 5.86. The molecule has 0 aliphatic carbocycles. The van der Waals surface area contributed by atoms with Gasteiger partial charge in [0.25, 0.3) is 11.8 Å². The fourth-order valence-corrected chi connectivity index (χ4v) is 3.29. The molecular formula is C20H22ClN3O3. The zero-order valence-corrected chi connectivity index (χ0v) is 15.9. The lowest BCUT2D eigenvalue weighted by Crippen LogP contribution is -2.35. The van der Waals surface area contributed by atoms with Crippen LogP contribution in [-0.4, -0.2) is 36.9 Å². The van der Waals surface area contributed by atoms with E-state index in [-0.39, 0.29) is 16.5 Å². The predicted molar refractivity (Wildman–Crippen MR) is 107 cm³/mol. The quantitative estimate of drug-likeness (QED) is 0.781. The van der Waals surface area contributed by atoms with Crippen LogP contribution in [-0.2, 0) is 0 Å². The largest absolute Gasteiger partial charge is 0.496 e. The number of carbonyl (C=O) groups excluding carboxylic acids is 2. The summed E-state index contributed by atoms with van der Waals surface area (Å²) in [5.74, 6) is -0.0785. The van der Waals surface area contributed by atoms with Crippen LogP contribution >= 0.6 is 11.6 Å². The number of methoxy groups -OCH3 is 1. The van der Waals surface area contributed by atoms with Crippen LogP contribution in [0, 0.1) is 0 Å². The van der Waals surface area contributed by atoms with Crippen LogP contribution < -0.4 is 15.8 Å². The van der Waals surface area contributed by atoms with Gasteiger partial charge in [0, 0.05) is 30.4 Å². The molecule has 3 N–H and O–H groups in total. The molecular weight excluding hydrogens is 366 g/mol. The number of nitrogens with one attached hydrogen (secondary N) is 1. The number of nitrogen functional groups attached to an aromatic ring is 1. The maximum Gasteiger partial charge on any atom is 0.259 e. The average molecular weight is 388 g/mol. The summed E-state index contributed by atoms with van der Waals surface area (Å²) in [6.07, 6.45) is 3.21. The van der Waals surface area contributed by atoms with Gasteiger partial charge in [-0.1, -0.05) is 17.7 Å². The van der Waals surface area contributed by atoms with Crippen molar-refractivity contribution in [2.45, 2.75) is 19.3 Å². The Balaban J connectivity index is 1.79. The highest BCUT2D eigenvalue weighted by molar-refractivity contribution is 6.33. The summed E-state index contributed by atoms with van der Waals surface area (Å²) in [5, 5.41) is 3.06. The number of carbonyl (C=O) groups is 2. The Morgan fingerprint density at radius 1 is 1.15 bits per heavy atom. The Morgan fingerprint density at radius 3 is 2.59 bits per heavy atom. The highest BCUT2D eigenvalue weighted by Gasteiger charge is 2.19. The molecule has 0 radical (unpaired) electrons. The third kappa shape index (κ3) is 4.34. The first-order valence-electron chi connectivity index (χ1n) is 8.83. The molecule has 7 heteroatoms. The minimum absolute atomic E-state index is 0.0149. The maximum absolute atomic E-state index is 12.7. The second-order valence-electron chi connectivity index (χ2n) is 6.46. The zero-order valence-electron chi connectivity index (χ0n) is 15.1. The number of hydrogen-bond donors (Lipinski definition) is 2. The van der Waals surface area contributed by atoms with Crippen LogP contribution in [0.2, 0.25) is 5.02 Å². The van der Waals surface area contributed by atoms with Gasteiger partial charge in [-0.2, -0.15) is 0 Å². The summed E-state index contributed by atoms with van der Waals surface area (Å²) >= 11 is 6.03. The number of nitrogens with two attached hydrogens (primary N) is 1. The van der Waals surface area contributed by atoms with Gasteiger partial charge in [0.05, 0.1) is 23.4 Å². The van der Waals surface area contributed by atoms with Crippen molar-refractivity contribution in [1.82, 2.24) is 4.90 Å². The molecule has 1 aliphatic heterocycles. The number of rotatable bonds is 4. The third-order valence-electron chi connectivity index (χ3n) is 4.57. The van der Waals surface area contributed by atoms with E-state index in [1.165, 1.54) is 19.2 Å². The number of nitrogens with zero attached hydrogens (tertiary/aromatic N) is 1. The Labute approximate surface area is 163 Å². The summed E-state index contributed by atoms with van der Waals surface area (Å²) in [6, 6.07) is 9.89. The van der Waals surface area contributed by atoms with Crippen molar-refractivity contribution < 1.29 is 14.3 Å². The molecule has 142 valence electrons. The van der Waals surface area contributed by atoms with Crippen molar-refractivity contribution in [2.75, 3.05) is 31.2 Å². The smallest absolute Gasteiger partial charge is 0.259 e. The monoisotopic (exact) mass is 387 g/mol. The molecule has 1 fully saturated rings. The van der Waals surface area contributed by atoms with E-state index in [9.17, 15) is 9.59 Å². The lowest BCUT2D eigenvalue weighted by atomic mass is 10.1. The van der Waals surface area contributed by atoms with Crippen LogP contribution in [0.5, 0.6) is 5.75 Å². The van der Waals surface area contributed by atoms with E-state index in [1.54, 1.807) is 24.3 Å². The lowest BCUT2D eigenvalue weighted by Gasteiger charge is -2.26. The highest BCUT2D eigenvalue weighted by Crippen LogP contribution is 2.29. The molecule has 27 heavy (non-hydrogen) atoms.